The van der Waals surface area contributed by atoms with Crippen LogP contribution < -0.4 is 5.32 Å². The van der Waals surface area contributed by atoms with E-state index in [4.69, 9.17) is 0 Å². The van der Waals surface area contributed by atoms with Crippen LogP contribution in [0.15, 0.2) is 6.07 Å². The van der Waals surface area contributed by atoms with Crippen LogP contribution in [0, 0.1) is 6.92 Å². The molecule has 0 saturated heterocycles. The van der Waals surface area contributed by atoms with E-state index in [2.05, 4.69) is 15.5 Å². The van der Waals surface area contributed by atoms with Crippen LogP contribution in [-0.2, 0) is 6.42 Å². The summed E-state index contributed by atoms with van der Waals surface area (Å²) in [5, 5.41) is 20.6. The second-order valence-corrected chi connectivity index (χ2v) is 5.30. The van der Waals surface area contributed by atoms with Crippen LogP contribution in [0.3, 0.4) is 0 Å². The number of amides is 1. The average molecular weight is 263 g/mol. The van der Waals surface area contributed by atoms with Crippen LogP contribution >= 0.6 is 0 Å². The molecule has 19 heavy (non-hydrogen) atoms. The number of aromatic nitrogens is 2. The topological polar surface area (TPSA) is 75.1 Å². The van der Waals surface area contributed by atoms with Crippen LogP contribution in [-0.4, -0.2) is 33.4 Å². The fourth-order valence-corrected chi connectivity index (χ4v) is 2.65. The summed E-state index contributed by atoms with van der Waals surface area (Å²) in [6.45, 7) is 3.77. The fraction of sp³-hybridized carbons (Fsp3) is 0.643. The molecule has 0 radical (unpaired) electrons. The number of aliphatic hydroxyl groups excluding tert-OH is 1. The van der Waals surface area contributed by atoms with E-state index in [0.717, 1.165) is 31.4 Å². The zero-order chi connectivity index (χ0) is 13.9. The van der Waals surface area contributed by atoms with Gasteiger partial charge in [0.2, 0.25) is 0 Å². The Morgan fingerprint density at radius 2 is 2.11 bits per heavy atom. The third kappa shape index (κ3) is 2.92. The molecular weight excluding hydrogens is 242 g/mol. The Morgan fingerprint density at radius 3 is 2.68 bits per heavy atom. The number of nitrogens with zero attached hydrogens (tertiary/aromatic N) is 2. The van der Waals surface area contributed by atoms with Gasteiger partial charge in [-0.25, -0.2) is 0 Å². The van der Waals surface area contributed by atoms with Gasteiger partial charge in [0.25, 0.3) is 5.91 Å². The van der Waals surface area contributed by atoms with Gasteiger partial charge in [-0.1, -0.05) is 19.8 Å². The predicted molar refractivity (Wildman–Crippen MR) is 71.9 cm³/mol. The number of carbonyl (C=O) groups is 1. The number of hydrogen-bond acceptors (Lipinski definition) is 4. The maximum atomic E-state index is 12.4. The predicted octanol–water partition coefficient (Wildman–Crippen LogP) is 1.38. The van der Waals surface area contributed by atoms with Crippen molar-refractivity contribution in [3.05, 3.63) is 23.0 Å². The highest BCUT2D eigenvalue weighted by Gasteiger charge is 2.35. The van der Waals surface area contributed by atoms with Gasteiger partial charge in [0.05, 0.1) is 29.1 Å². The van der Waals surface area contributed by atoms with Gasteiger partial charge in [-0.15, -0.1) is 0 Å². The highest BCUT2D eigenvalue weighted by atomic mass is 16.3. The zero-order valence-electron chi connectivity index (χ0n) is 11.6. The average Bonchev–Trinajstić information content (AvgIpc) is 2.87. The van der Waals surface area contributed by atoms with E-state index >= 15 is 0 Å². The SMILES string of the molecule is CCc1nnc(C)cc1C(=O)NC1(CO)CCCC1. The van der Waals surface area contributed by atoms with E-state index in [1.54, 1.807) is 6.07 Å². The highest BCUT2D eigenvalue weighted by Crippen LogP contribution is 2.29. The number of aliphatic hydroxyl groups is 1. The van der Waals surface area contributed by atoms with E-state index in [1.807, 2.05) is 13.8 Å². The van der Waals surface area contributed by atoms with Crippen LogP contribution in [0.1, 0.15) is 54.4 Å². The van der Waals surface area contributed by atoms with E-state index in [1.165, 1.54) is 0 Å². The normalized spacial score (nSPS) is 17.4. The Kier molecular flexibility index (Phi) is 4.14. The Labute approximate surface area is 113 Å². The zero-order valence-corrected chi connectivity index (χ0v) is 11.6. The van der Waals surface area contributed by atoms with Gasteiger partial charge in [0.15, 0.2) is 0 Å². The summed E-state index contributed by atoms with van der Waals surface area (Å²) < 4.78 is 0. The van der Waals surface area contributed by atoms with Crippen LogP contribution in [0.25, 0.3) is 0 Å². The Balaban J connectivity index is 2.22. The van der Waals surface area contributed by atoms with Crippen LogP contribution in [0.4, 0.5) is 0 Å². The van der Waals surface area contributed by atoms with Crippen molar-refractivity contribution in [2.75, 3.05) is 6.61 Å². The number of nitrogens with one attached hydrogen (secondary N) is 1. The Morgan fingerprint density at radius 1 is 1.42 bits per heavy atom. The van der Waals surface area contributed by atoms with Gasteiger partial charge in [-0.2, -0.15) is 10.2 Å². The maximum absolute atomic E-state index is 12.4. The molecule has 5 heteroatoms. The number of rotatable bonds is 4. The minimum Gasteiger partial charge on any atom is -0.394 e. The van der Waals surface area contributed by atoms with Crippen molar-refractivity contribution in [3.63, 3.8) is 0 Å². The number of hydrogen-bond donors (Lipinski definition) is 2. The first-order valence-corrected chi connectivity index (χ1v) is 6.87. The smallest absolute Gasteiger partial charge is 0.253 e. The summed E-state index contributed by atoms with van der Waals surface area (Å²) in [5.74, 6) is -0.147. The van der Waals surface area contributed by atoms with Gasteiger partial charge < -0.3 is 10.4 Å². The molecule has 5 nitrogen and oxygen atoms in total. The molecule has 1 heterocycles. The van der Waals surface area contributed by atoms with Crippen molar-refractivity contribution in [3.8, 4) is 0 Å². The molecule has 0 atom stereocenters. The second-order valence-electron chi connectivity index (χ2n) is 5.30. The fourth-order valence-electron chi connectivity index (χ4n) is 2.65. The molecule has 104 valence electrons. The quantitative estimate of drug-likeness (QED) is 0.860. The van der Waals surface area contributed by atoms with Crippen molar-refractivity contribution in [2.45, 2.75) is 51.5 Å². The Hall–Kier alpha value is -1.49. The van der Waals surface area contributed by atoms with Gasteiger partial charge in [0, 0.05) is 0 Å². The van der Waals surface area contributed by atoms with E-state index in [0.29, 0.717) is 17.7 Å². The van der Waals surface area contributed by atoms with E-state index in [9.17, 15) is 9.90 Å². The summed E-state index contributed by atoms with van der Waals surface area (Å²) in [6.07, 6.45) is 4.45. The summed E-state index contributed by atoms with van der Waals surface area (Å²) in [5.41, 5.74) is 1.56. The van der Waals surface area contributed by atoms with Crippen LogP contribution in [0.2, 0.25) is 0 Å². The first kappa shape index (κ1) is 13.9. The minimum absolute atomic E-state index is 0.00229. The number of aryl methyl sites for hydroxylation is 2. The van der Waals surface area contributed by atoms with Crippen molar-refractivity contribution in [1.82, 2.24) is 15.5 Å². The van der Waals surface area contributed by atoms with E-state index < -0.39 is 5.54 Å². The summed E-state index contributed by atoms with van der Waals surface area (Å²) >= 11 is 0. The first-order valence-electron chi connectivity index (χ1n) is 6.87. The monoisotopic (exact) mass is 263 g/mol. The molecule has 0 aliphatic heterocycles. The molecule has 0 unspecified atom stereocenters. The molecule has 1 aliphatic carbocycles. The molecule has 1 fully saturated rings. The largest absolute Gasteiger partial charge is 0.394 e. The van der Waals surface area contributed by atoms with E-state index in [-0.39, 0.29) is 12.5 Å². The Bertz CT molecular complexity index is 468. The van der Waals surface area contributed by atoms with Crippen molar-refractivity contribution in [2.24, 2.45) is 0 Å². The molecular formula is C14H21N3O2. The molecule has 1 amide bonds. The molecule has 1 aliphatic rings. The molecule has 0 bridgehead atoms. The summed E-state index contributed by atoms with van der Waals surface area (Å²) in [6, 6.07) is 1.77. The molecule has 2 rings (SSSR count). The lowest BCUT2D eigenvalue weighted by atomic mass is 9.98. The van der Waals surface area contributed by atoms with Gasteiger partial charge in [0.1, 0.15) is 0 Å². The highest BCUT2D eigenvalue weighted by molar-refractivity contribution is 5.95. The third-order valence-electron chi connectivity index (χ3n) is 3.81. The lowest BCUT2D eigenvalue weighted by Gasteiger charge is -2.28. The molecule has 1 aromatic rings. The van der Waals surface area contributed by atoms with Crippen molar-refractivity contribution in [1.29, 1.82) is 0 Å². The minimum atomic E-state index is -0.445. The van der Waals surface area contributed by atoms with Crippen molar-refractivity contribution < 1.29 is 9.90 Å². The van der Waals surface area contributed by atoms with Gasteiger partial charge in [-0.05, 0) is 32.3 Å². The lowest BCUT2D eigenvalue weighted by molar-refractivity contribution is 0.0836. The summed E-state index contributed by atoms with van der Waals surface area (Å²) in [7, 11) is 0. The first-order chi connectivity index (χ1) is 9.10. The van der Waals surface area contributed by atoms with Crippen molar-refractivity contribution >= 4 is 5.91 Å². The van der Waals surface area contributed by atoms with Crippen LogP contribution in [0.5, 0.6) is 0 Å². The van der Waals surface area contributed by atoms with Gasteiger partial charge >= 0.3 is 0 Å². The lowest BCUT2D eigenvalue weighted by Crippen LogP contribution is -2.49. The summed E-state index contributed by atoms with van der Waals surface area (Å²) in [4.78, 5) is 12.4. The third-order valence-corrected chi connectivity index (χ3v) is 3.81. The molecule has 0 aromatic carbocycles. The van der Waals surface area contributed by atoms with Gasteiger partial charge in [-0.3, -0.25) is 4.79 Å². The molecule has 2 N–H and O–H groups in total. The maximum Gasteiger partial charge on any atom is 0.253 e. The number of carbonyl (C=O) groups excluding carboxylic acids is 1. The second kappa shape index (κ2) is 5.65. The standard InChI is InChI=1S/C14H21N3O2/c1-3-12-11(8-10(2)16-17-12)13(19)15-14(9-18)6-4-5-7-14/h8,18H,3-7,9H2,1-2H3,(H,15,19). The molecule has 0 spiro atoms. The molecule has 1 aromatic heterocycles. The molecule has 1 saturated carbocycles.